The van der Waals surface area contributed by atoms with Crippen LogP contribution in [0.15, 0.2) is 18.3 Å². The van der Waals surface area contributed by atoms with Gasteiger partial charge in [-0.25, -0.2) is 8.91 Å². The molecule has 0 aliphatic heterocycles. The summed E-state index contributed by atoms with van der Waals surface area (Å²) in [6.45, 7) is 0.437. The molecule has 0 radical (unpaired) electrons. The minimum Gasteiger partial charge on any atom is -0.388 e. The highest BCUT2D eigenvalue weighted by Gasteiger charge is 2.29. The molecule has 1 saturated carbocycles. The molecule has 5 nitrogen and oxygen atoms in total. The number of rotatable bonds is 3. The van der Waals surface area contributed by atoms with E-state index in [0.29, 0.717) is 18.1 Å². The maximum Gasteiger partial charge on any atom is 0.243 e. The fraction of sp³-hybridized carbons (Fsp3) is 0.538. The van der Waals surface area contributed by atoms with Crippen molar-refractivity contribution in [2.45, 2.75) is 37.7 Å². The second-order valence-electron chi connectivity index (χ2n) is 5.22. The highest BCUT2D eigenvalue weighted by Crippen LogP contribution is 2.27. The van der Waals surface area contributed by atoms with E-state index in [9.17, 15) is 9.50 Å². The van der Waals surface area contributed by atoms with Crippen LogP contribution in [0, 0.1) is 5.82 Å². The number of hydrogen-bond donors (Lipinski definition) is 2. The van der Waals surface area contributed by atoms with E-state index >= 15 is 0 Å². The molecule has 0 atom stereocenters. The third-order valence-electron chi connectivity index (χ3n) is 3.65. The first-order chi connectivity index (χ1) is 9.15. The number of aliphatic hydroxyl groups is 1. The summed E-state index contributed by atoms with van der Waals surface area (Å²) in [5, 5.41) is 17.5. The van der Waals surface area contributed by atoms with Gasteiger partial charge < -0.3 is 10.4 Å². The van der Waals surface area contributed by atoms with Crippen LogP contribution in [0.5, 0.6) is 0 Å². The van der Waals surface area contributed by atoms with Crippen LogP contribution in [0.3, 0.4) is 0 Å². The molecule has 0 spiro atoms. The van der Waals surface area contributed by atoms with Crippen LogP contribution < -0.4 is 5.32 Å². The average Bonchev–Trinajstić information content (AvgIpc) is 2.79. The standard InChI is InChI=1S/C13H17FN4O/c14-10-4-5-11-16-12(17-18(11)8-10)15-9-13(19)6-2-1-3-7-13/h4-5,8,19H,1-3,6-7,9H2,(H,15,17). The number of fused-ring (bicyclic) bond motifs is 1. The van der Waals surface area contributed by atoms with Gasteiger partial charge in [-0.15, -0.1) is 5.10 Å². The van der Waals surface area contributed by atoms with Crippen molar-refractivity contribution >= 4 is 11.6 Å². The van der Waals surface area contributed by atoms with Gasteiger partial charge >= 0.3 is 0 Å². The van der Waals surface area contributed by atoms with Gasteiger partial charge in [0, 0.05) is 6.54 Å². The Kier molecular flexibility index (Phi) is 3.10. The number of aromatic nitrogens is 3. The van der Waals surface area contributed by atoms with Crippen molar-refractivity contribution < 1.29 is 9.50 Å². The lowest BCUT2D eigenvalue weighted by Crippen LogP contribution is -2.39. The number of hydrogen-bond acceptors (Lipinski definition) is 4. The molecule has 1 aliphatic rings. The van der Waals surface area contributed by atoms with E-state index in [2.05, 4.69) is 15.4 Å². The lowest BCUT2D eigenvalue weighted by atomic mass is 9.85. The van der Waals surface area contributed by atoms with E-state index in [1.165, 1.54) is 23.2 Å². The van der Waals surface area contributed by atoms with Crippen LogP contribution in [0.2, 0.25) is 0 Å². The summed E-state index contributed by atoms with van der Waals surface area (Å²) in [7, 11) is 0. The Hall–Kier alpha value is -1.69. The van der Waals surface area contributed by atoms with Gasteiger partial charge in [0.05, 0.1) is 11.8 Å². The molecule has 3 rings (SSSR count). The highest BCUT2D eigenvalue weighted by atomic mass is 19.1. The summed E-state index contributed by atoms with van der Waals surface area (Å²) < 4.78 is 14.4. The molecule has 2 heterocycles. The molecule has 0 amide bonds. The SMILES string of the molecule is OC1(CNc2nc3ccc(F)cn3n2)CCCCC1. The van der Waals surface area contributed by atoms with E-state index in [0.717, 1.165) is 25.7 Å². The molecule has 1 aliphatic carbocycles. The molecular formula is C13H17FN4O. The summed E-state index contributed by atoms with van der Waals surface area (Å²) in [5.41, 5.74) is -0.0828. The van der Waals surface area contributed by atoms with Crippen molar-refractivity contribution in [3.05, 3.63) is 24.1 Å². The van der Waals surface area contributed by atoms with Crippen molar-refractivity contribution in [1.82, 2.24) is 14.6 Å². The maximum atomic E-state index is 13.0. The molecule has 0 aromatic carbocycles. The first kappa shape index (κ1) is 12.3. The molecule has 2 aromatic heterocycles. The number of pyridine rings is 1. The average molecular weight is 264 g/mol. The fourth-order valence-corrected chi connectivity index (χ4v) is 2.56. The van der Waals surface area contributed by atoms with Crippen LogP contribution in [0.4, 0.5) is 10.3 Å². The van der Waals surface area contributed by atoms with Gasteiger partial charge in [-0.3, -0.25) is 0 Å². The molecule has 1 fully saturated rings. The van der Waals surface area contributed by atoms with Crippen LogP contribution in [-0.2, 0) is 0 Å². The summed E-state index contributed by atoms with van der Waals surface area (Å²) in [5.74, 6) is 0.0689. The molecule has 0 bridgehead atoms. The zero-order valence-electron chi connectivity index (χ0n) is 10.6. The first-order valence-corrected chi connectivity index (χ1v) is 6.63. The smallest absolute Gasteiger partial charge is 0.243 e. The molecule has 2 aromatic rings. The summed E-state index contributed by atoms with van der Waals surface area (Å²) in [4.78, 5) is 4.23. The Morgan fingerprint density at radius 2 is 2.11 bits per heavy atom. The van der Waals surface area contributed by atoms with E-state index in [1.807, 2.05) is 0 Å². The summed E-state index contributed by atoms with van der Waals surface area (Å²) in [6, 6.07) is 2.92. The quantitative estimate of drug-likeness (QED) is 0.889. The summed E-state index contributed by atoms with van der Waals surface area (Å²) >= 11 is 0. The number of anilines is 1. The number of nitrogens with one attached hydrogen (secondary N) is 1. The molecule has 0 saturated heterocycles. The normalized spacial score (nSPS) is 18.6. The lowest BCUT2D eigenvalue weighted by Gasteiger charge is -2.31. The van der Waals surface area contributed by atoms with Crippen molar-refractivity contribution in [3.8, 4) is 0 Å². The molecule has 0 unspecified atom stereocenters. The summed E-state index contributed by atoms with van der Waals surface area (Å²) in [6.07, 6.45) is 6.20. The van der Waals surface area contributed by atoms with E-state index < -0.39 is 5.60 Å². The van der Waals surface area contributed by atoms with Crippen LogP contribution >= 0.6 is 0 Å². The van der Waals surface area contributed by atoms with E-state index in [-0.39, 0.29) is 5.82 Å². The zero-order chi connectivity index (χ0) is 13.3. The minimum atomic E-state index is -0.666. The van der Waals surface area contributed by atoms with Gasteiger partial charge in [0.1, 0.15) is 5.82 Å². The van der Waals surface area contributed by atoms with Crippen molar-refractivity contribution in [2.75, 3.05) is 11.9 Å². The molecule has 2 N–H and O–H groups in total. The molecular weight excluding hydrogens is 247 g/mol. The van der Waals surface area contributed by atoms with Crippen molar-refractivity contribution in [1.29, 1.82) is 0 Å². The lowest BCUT2D eigenvalue weighted by molar-refractivity contribution is 0.0166. The van der Waals surface area contributed by atoms with Crippen LogP contribution in [0.25, 0.3) is 5.65 Å². The molecule has 6 heteroatoms. The Balaban J connectivity index is 1.71. The third kappa shape index (κ3) is 2.68. The van der Waals surface area contributed by atoms with Crippen LogP contribution in [-0.4, -0.2) is 31.9 Å². The second kappa shape index (κ2) is 4.77. The molecule has 19 heavy (non-hydrogen) atoms. The Morgan fingerprint density at radius 3 is 2.89 bits per heavy atom. The monoisotopic (exact) mass is 264 g/mol. The fourth-order valence-electron chi connectivity index (χ4n) is 2.56. The van der Waals surface area contributed by atoms with Crippen LogP contribution in [0.1, 0.15) is 32.1 Å². The predicted molar refractivity (Wildman–Crippen MR) is 69.5 cm³/mol. The van der Waals surface area contributed by atoms with E-state index in [4.69, 9.17) is 0 Å². The predicted octanol–water partition coefficient (Wildman–Crippen LogP) is 1.98. The Labute approximate surface area is 110 Å². The van der Waals surface area contributed by atoms with Gasteiger partial charge in [-0.2, -0.15) is 4.98 Å². The van der Waals surface area contributed by atoms with E-state index in [1.54, 1.807) is 6.07 Å². The van der Waals surface area contributed by atoms with Gasteiger partial charge in [0.15, 0.2) is 5.65 Å². The van der Waals surface area contributed by atoms with Gasteiger partial charge in [0.2, 0.25) is 5.95 Å². The zero-order valence-corrected chi connectivity index (χ0v) is 10.6. The topological polar surface area (TPSA) is 62.5 Å². The number of halogens is 1. The van der Waals surface area contributed by atoms with Crippen molar-refractivity contribution in [3.63, 3.8) is 0 Å². The first-order valence-electron chi connectivity index (χ1n) is 6.63. The largest absolute Gasteiger partial charge is 0.388 e. The third-order valence-corrected chi connectivity index (χ3v) is 3.65. The number of nitrogens with zero attached hydrogens (tertiary/aromatic N) is 3. The van der Waals surface area contributed by atoms with Crippen molar-refractivity contribution in [2.24, 2.45) is 0 Å². The Bertz CT molecular complexity index is 577. The maximum absolute atomic E-state index is 13.0. The second-order valence-corrected chi connectivity index (χ2v) is 5.22. The van der Waals surface area contributed by atoms with Gasteiger partial charge in [-0.1, -0.05) is 19.3 Å². The molecule has 102 valence electrons. The van der Waals surface area contributed by atoms with Gasteiger partial charge in [0.25, 0.3) is 0 Å². The minimum absolute atomic E-state index is 0.352. The Morgan fingerprint density at radius 1 is 1.32 bits per heavy atom. The van der Waals surface area contributed by atoms with Gasteiger partial charge in [-0.05, 0) is 25.0 Å². The highest BCUT2D eigenvalue weighted by molar-refractivity contribution is 5.43.